The number of benzene rings is 2. The summed E-state index contributed by atoms with van der Waals surface area (Å²) in [4.78, 5) is 14.6. The number of methoxy groups -OCH3 is 1. The van der Waals surface area contributed by atoms with Crippen molar-refractivity contribution in [1.29, 1.82) is 0 Å². The lowest BCUT2D eigenvalue weighted by Gasteiger charge is -2.24. The van der Waals surface area contributed by atoms with Gasteiger partial charge in [0.2, 0.25) is 0 Å². The molecule has 0 heterocycles. The first kappa shape index (κ1) is 19.5. The molecule has 2 amide bonds. The summed E-state index contributed by atoms with van der Waals surface area (Å²) in [5, 5.41) is 3.01. The van der Waals surface area contributed by atoms with Crippen LogP contribution in [0.4, 0.5) is 10.5 Å². The maximum atomic E-state index is 12.8. The van der Waals surface area contributed by atoms with Crippen molar-refractivity contribution in [2.75, 3.05) is 25.6 Å². The molecule has 0 fully saturated rings. The normalized spacial score (nSPS) is 10.5. The van der Waals surface area contributed by atoms with Crippen LogP contribution in [0, 0.1) is 6.92 Å². The second-order valence-electron chi connectivity index (χ2n) is 6.02. The third-order valence-electron chi connectivity index (χ3n) is 3.90. The van der Waals surface area contributed by atoms with E-state index < -0.39 is 0 Å². The van der Waals surface area contributed by atoms with E-state index in [1.165, 1.54) is 0 Å². The van der Waals surface area contributed by atoms with Gasteiger partial charge in [0, 0.05) is 31.3 Å². The van der Waals surface area contributed by atoms with E-state index in [0.717, 1.165) is 34.1 Å². The number of nitrogens with zero attached hydrogens (tertiary/aromatic N) is 1. The first-order valence-electron chi connectivity index (χ1n) is 8.45. The second-order valence-corrected chi connectivity index (χ2v) is 6.87. The largest absolute Gasteiger partial charge is 0.385 e. The standard InChI is InChI=1S/C20H25BrN2O2/c1-16-10-11-19(18(21)14-16)22-20(24)23(12-6-7-13-25-2)15-17-8-4-3-5-9-17/h3-5,8-11,14H,6-7,12-13,15H2,1-2H3,(H,22,24). The molecular formula is C20H25BrN2O2. The van der Waals surface area contributed by atoms with Crippen LogP contribution in [0.25, 0.3) is 0 Å². The van der Waals surface area contributed by atoms with Gasteiger partial charge in [-0.2, -0.15) is 0 Å². The molecular weight excluding hydrogens is 380 g/mol. The highest BCUT2D eigenvalue weighted by Gasteiger charge is 2.15. The SMILES string of the molecule is COCCCCN(Cc1ccccc1)C(=O)Nc1ccc(C)cc1Br. The molecule has 25 heavy (non-hydrogen) atoms. The number of halogens is 1. The molecule has 2 aromatic carbocycles. The van der Waals surface area contributed by atoms with E-state index in [9.17, 15) is 4.79 Å². The number of hydrogen-bond donors (Lipinski definition) is 1. The van der Waals surface area contributed by atoms with Crippen molar-refractivity contribution in [2.45, 2.75) is 26.3 Å². The van der Waals surface area contributed by atoms with Crippen LogP contribution >= 0.6 is 15.9 Å². The number of carbonyl (C=O) groups is 1. The number of ether oxygens (including phenoxy) is 1. The smallest absolute Gasteiger partial charge is 0.322 e. The van der Waals surface area contributed by atoms with E-state index in [2.05, 4.69) is 21.2 Å². The Morgan fingerprint density at radius 2 is 1.92 bits per heavy atom. The number of aryl methyl sites for hydroxylation is 1. The van der Waals surface area contributed by atoms with Crippen LogP contribution in [0.1, 0.15) is 24.0 Å². The molecule has 0 aliphatic heterocycles. The van der Waals surface area contributed by atoms with Gasteiger partial charge in [-0.05, 0) is 59.0 Å². The van der Waals surface area contributed by atoms with Gasteiger partial charge in [0.05, 0.1) is 5.69 Å². The van der Waals surface area contributed by atoms with Crippen molar-refractivity contribution in [3.63, 3.8) is 0 Å². The predicted molar refractivity (Wildman–Crippen MR) is 106 cm³/mol. The van der Waals surface area contributed by atoms with Gasteiger partial charge in [-0.3, -0.25) is 0 Å². The van der Waals surface area contributed by atoms with E-state index in [-0.39, 0.29) is 6.03 Å². The average Bonchev–Trinajstić information content (AvgIpc) is 2.61. The van der Waals surface area contributed by atoms with Crippen LogP contribution in [0.5, 0.6) is 0 Å². The fraction of sp³-hybridized carbons (Fsp3) is 0.350. The Labute approximate surface area is 158 Å². The zero-order valence-corrected chi connectivity index (χ0v) is 16.4. The number of carbonyl (C=O) groups excluding carboxylic acids is 1. The van der Waals surface area contributed by atoms with Gasteiger partial charge in [-0.1, -0.05) is 36.4 Å². The van der Waals surface area contributed by atoms with Crippen LogP contribution < -0.4 is 5.32 Å². The number of hydrogen-bond acceptors (Lipinski definition) is 2. The van der Waals surface area contributed by atoms with Gasteiger partial charge < -0.3 is 15.0 Å². The molecule has 0 aromatic heterocycles. The molecule has 0 saturated carbocycles. The molecule has 0 spiro atoms. The fourth-order valence-corrected chi connectivity index (χ4v) is 3.11. The van der Waals surface area contributed by atoms with Crippen LogP contribution in [0.15, 0.2) is 53.0 Å². The number of rotatable bonds is 8. The third-order valence-corrected chi connectivity index (χ3v) is 4.55. The van der Waals surface area contributed by atoms with Gasteiger partial charge >= 0.3 is 6.03 Å². The Hall–Kier alpha value is -1.85. The molecule has 2 rings (SSSR count). The second kappa shape index (κ2) is 10.2. The predicted octanol–water partition coefficient (Wildman–Crippen LogP) is 5.22. The molecule has 0 radical (unpaired) electrons. The molecule has 4 nitrogen and oxygen atoms in total. The van der Waals surface area contributed by atoms with E-state index in [4.69, 9.17) is 4.74 Å². The molecule has 0 bridgehead atoms. The van der Waals surface area contributed by atoms with Crippen molar-refractivity contribution >= 4 is 27.6 Å². The molecule has 0 saturated heterocycles. The Bertz CT molecular complexity index is 677. The molecule has 134 valence electrons. The maximum Gasteiger partial charge on any atom is 0.322 e. The lowest BCUT2D eigenvalue weighted by atomic mass is 10.2. The first-order chi connectivity index (χ1) is 12.1. The Morgan fingerprint density at radius 3 is 2.60 bits per heavy atom. The molecule has 2 aromatic rings. The molecule has 0 aliphatic carbocycles. The fourth-order valence-electron chi connectivity index (χ4n) is 2.52. The van der Waals surface area contributed by atoms with Gasteiger partial charge in [0.25, 0.3) is 0 Å². The van der Waals surface area contributed by atoms with Crippen molar-refractivity contribution in [1.82, 2.24) is 4.90 Å². The van der Waals surface area contributed by atoms with Crippen molar-refractivity contribution < 1.29 is 9.53 Å². The summed E-state index contributed by atoms with van der Waals surface area (Å²) in [7, 11) is 1.70. The Morgan fingerprint density at radius 1 is 1.16 bits per heavy atom. The Kier molecular flexibility index (Phi) is 7.95. The van der Waals surface area contributed by atoms with E-state index in [1.807, 2.05) is 60.4 Å². The summed E-state index contributed by atoms with van der Waals surface area (Å²) in [6, 6.07) is 15.9. The lowest BCUT2D eigenvalue weighted by Crippen LogP contribution is -2.35. The number of nitrogens with one attached hydrogen (secondary N) is 1. The van der Waals surface area contributed by atoms with E-state index >= 15 is 0 Å². The van der Waals surface area contributed by atoms with Gasteiger partial charge in [-0.25, -0.2) is 4.79 Å². The third kappa shape index (κ3) is 6.52. The van der Waals surface area contributed by atoms with Crippen LogP contribution in [0.3, 0.4) is 0 Å². The quantitative estimate of drug-likeness (QED) is 0.612. The summed E-state index contributed by atoms with van der Waals surface area (Å²) in [5.41, 5.74) is 3.04. The zero-order chi connectivity index (χ0) is 18.1. The zero-order valence-electron chi connectivity index (χ0n) is 14.8. The average molecular weight is 405 g/mol. The molecule has 0 unspecified atom stereocenters. The minimum atomic E-state index is -0.0918. The summed E-state index contributed by atoms with van der Waals surface area (Å²) < 4.78 is 5.99. The monoisotopic (exact) mass is 404 g/mol. The first-order valence-corrected chi connectivity index (χ1v) is 9.24. The molecule has 0 aliphatic rings. The molecule has 0 atom stereocenters. The van der Waals surface area contributed by atoms with Gasteiger partial charge in [-0.15, -0.1) is 0 Å². The minimum Gasteiger partial charge on any atom is -0.385 e. The lowest BCUT2D eigenvalue weighted by molar-refractivity contribution is 0.182. The van der Waals surface area contributed by atoms with Crippen molar-refractivity contribution in [2.24, 2.45) is 0 Å². The molecule has 5 heteroatoms. The number of amides is 2. The maximum absolute atomic E-state index is 12.8. The molecule has 1 N–H and O–H groups in total. The summed E-state index contributed by atoms with van der Waals surface area (Å²) >= 11 is 3.51. The topological polar surface area (TPSA) is 41.6 Å². The minimum absolute atomic E-state index is 0.0918. The number of urea groups is 1. The highest BCUT2D eigenvalue weighted by molar-refractivity contribution is 9.10. The van der Waals surface area contributed by atoms with E-state index in [0.29, 0.717) is 19.7 Å². The van der Waals surface area contributed by atoms with Crippen LogP contribution in [-0.4, -0.2) is 31.2 Å². The highest BCUT2D eigenvalue weighted by atomic mass is 79.9. The summed E-state index contributed by atoms with van der Waals surface area (Å²) in [5.74, 6) is 0. The van der Waals surface area contributed by atoms with Gasteiger partial charge in [0.15, 0.2) is 0 Å². The summed E-state index contributed by atoms with van der Waals surface area (Å²) in [6.45, 7) is 4.01. The van der Waals surface area contributed by atoms with Crippen LogP contribution in [-0.2, 0) is 11.3 Å². The van der Waals surface area contributed by atoms with Crippen molar-refractivity contribution in [3.8, 4) is 0 Å². The van der Waals surface area contributed by atoms with Crippen LogP contribution in [0.2, 0.25) is 0 Å². The van der Waals surface area contributed by atoms with Crippen molar-refractivity contribution in [3.05, 3.63) is 64.1 Å². The number of unbranched alkanes of at least 4 members (excludes halogenated alkanes) is 1. The number of anilines is 1. The highest BCUT2D eigenvalue weighted by Crippen LogP contribution is 2.24. The Balaban J connectivity index is 2.05. The van der Waals surface area contributed by atoms with Gasteiger partial charge in [0.1, 0.15) is 0 Å². The van der Waals surface area contributed by atoms with E-state index in [1.54, 1.807) is 7.11 Å². The summed E-state index contributed by atoms with van der Waals surface area (Å²) in [6.07, 6.45) is 1.84.